The molecule has 2 heterocycles. The van der Waals surface area contributed by atoms with E-state index in [1.165, 1.54) is 0 Å². The lowest BCUT2D eigenvalue weighted by Crippen LogP contribution is -2.50. The van der Waals surface area contributed by atoms with Gasteiger partial charge in [-0.1, -0.05) is 12.1 Å². The Balaban J connectivity index is 1.55. The molecule has 2 amide bonds. The van der Waals surface area contributed by atoms with Crippen molar-refractivity contribution in [1.29, 1.82) is 0 Å². The van der Waals surface area contributed by atoms with Gasteiger partial charge < -0.3 is 19.7 Å². The van der Waals surface area contributed by atoms with Crippen molar-refractivity contribution in [3.8, 4) is 0 Å². The summed E-state index contributed by atoms with van der Waals surface area (Å²) in [7, 11) is 0. The largest absolute Gasteiger partial charge is 0.480 e. The van der Waals surface area contributed by atoms with Crippen LogP contribution in [0.25, 0.3) is 11.1 Å². The molecule has 140 valence electrons. The minimum Gasteiger partial charge on any atom is -0.480 e. The van der Waals surface area contributed by atoms with Gasteiger partial charge in [0.05, 0.1) is 0 Å². The molecule has 3 rings (SSSR count). The van der Waals surface area contributed by atoms with E-state index in [-0.39, 0.29) is 11.9 Å². The summed E-state index contributed by atoms with van der Waals surface area (Å²) < 4.78 is 5.83. The minimum absolute atomic E-state index is 0.179. The number of carbonyl (C=O) groups is 2. The van der Waals surface area contributed by atoms with Crippen LogP contribution in [0.3, 0.4) is 0 Å². The maximum absolute atomic E-state index is 12.4. The molecule has 1 aromatic carbocycles. The van der Waals surface area contributed by atoms with Crippen LogP contribution < -0.4 is 5.32 Å². The Labute approximate surface area is 156 Å². The Kier molecular flexibility index (Phi) is 6.03. The van der Waals surface area contributed by atoms with Crippen LogP contribution in [0.15, 0.2) is 28.7 Å². The summed E-state index contributed by atoms with van der Waals surface area (Å²) in [5, 5.41) is 11.9. The fraction of sp³-hybridized carbons (Fsp3) is 0.500. The van der Waals surface area contributed by atoms with Crippen molar-refractivity contribution >= 4 is 34.9 Å². The number of likely N-dealkylation sites (tertiary alicyclic amines) is 1. The van der Waals surface area contributed by atoms with E-state index < -0.39 is 12.0 Å². The predicted octanol–water partition coefficient (Wildman–Crippen LogP) is 2.92. The van der Waals surface area contributed by atoms with E-state index in [4.69, 9.17) is 4.42 Å². The zero-order chi connectivity index (χ0) is 18.5. The molecule has 0 radical (unpaired) electrons. The maximum Gasteiger partial charge on any atom is 0.326 e. The van der Waals surface area contributed by atoms with Crippen molar-refractivity contribution in [2.75, 3.05) is 25.1 Å². The minimum atomic E-state index is -0.992. The number of benzene rings is 1. The zero-order valence-corrected chi connectivity index (χ0v) is 15.5. The van der Waals surface area contributed by atoms with E-state index in [2.05, 4.69) is 10.3 Å². The van der Waals surface area contributed by atoms with Gasteiger partial charge in [-0.25, -0.2) is 14.6 Å². The van der Waals surface area contributed by atoms with Gasteiger partial charge in [0.15, 0.2) is 11.5 Å². The molecule has 8 heteroatoms. The van der Waals surface area contributed by atoms with E-state index in [9.17, 15) is 14.7 Å². The Hall–Kier alpha value is -2.22. The fourth-order valence-corrected chi connectivity index (χ4v) is 3.60. The van der Waals surface area contributed by atoms with Gasteiger partial charge in [0.2, 0.25) is 0 Å². The number of carboxylic acid groups (broad SMARTS) is 1. The van der Waals surface area contributed by atoms with Gasteiger partial charge in [0, 0.05) is 19.0 Å². The summed E-state index contributed by atoms with van der Waals surface area (Å²) in [6.07, 6.45) is 3.84. The molecule has 26 heavy (non-hydrogen) atoms. The molecular formula is C18H23N3O4S. The van der Waals surface area contributed by atoms with E-state index in [0.29, 0.717) is 25.3 Å². The number of para-hydroxylation sites is 2. The average molecular weight is 377 g/mol. The maximum atomic E-state index is 12.4. The Morgan fingerprint density at radius 2 is 2.12 bits per heavy atom. The zero-order valence-electron chi connectivity index (χ0n) is 14.7. The van der Waals surface area contributed by atoms with Gasteiger partial charge in [-0.15, -0.1) is 0 Å². The molecule has 0 spiro atoms. The smallest absolute Gasteiger partial charge is 0.326 e. The van der Waals surface area contributed by atoms with Crippen molar-refractivity contribution in [2.24, 2.45) is 0 Å². The molecule has 1 unspecified atom stereocenters. The lowest BCUT2D eigenvalue weighted by atomic mass is 9.97. The van der Waals surface area contributed by atoms with Gasteiger partial charge in [0.1, 0.15) is 11.6 Å². The van der Waals surface area contributed by atoms with Crippen LogP contribution in [0.1, 0.15) is 31.1 Å². The van der Waals surface area contributed by atoms with E-state index in [0.717, 1.165) is 29.8 Å². The number of rotatable bonds is 6. The molecule has 1 atom stereocenters. The lowest BCUT2D eigenvalue weighted by molar-refractivity contribution is -0.139. The quantitative estimate of drug-likeness (QED) is 0.804. The number of amides is 2. The standard InChI is InChI=1S/C18H23N3O4S/c1-26-11-8-14(17(22)23)20-18(24)21-9-6-12(7-10-21)16-19-13-4-2-3-5-15(13)25-16/h2-5,12,14H,6-11H2,1H3,(H,20,24)(H,22,23). The summed E-state index contributed by atoms with van der Waals surface area (Å²) in [6, 6.07) is 6.51. The van der Waals surface area contributed by atoms with Crippen molar-refractivity contribution in [3.63, 3.8) is 0 Å². The number of nitrogens with one attached hydrogen (secondary N) is 1. The molecule has 2 aromatic rings. The van der Waals surface area contributed by atoms with Crippen molar-refractivity contribution < 1.29 is 19.1 Å². The van der Waals surface area contributed by atoms with Gasteiger partial charge >= 0.3 is 12.0 Å². The third kappa shape index (κ3) is 4.30. The monoisotopic (exact) mass is 377 g/mol. The second kappa shape index (κ2) is 8.44. The summed E-state index contributed by atoms with van der Waals surface area (Å²) in [4.78, 5) is 29.9. The number of urea groups is 1. The number of aliphatic carboxylic acids is 1. The van der Waals surface area contributed by atoms with Gasteiger partial charge in [0.25, 0.3) is 0 Å². The SMILES string of the molecule is CSCCC(NC(=O)N1CCC(c2nc3ccccc3o2)CC1)C(=O)O. The second-order valence-electron chi connectivity index (χ2n) is 6.40. The van der Waals surface area contributed by atoms with Crippen LogP contribution in [0, 0.1) is 0 Å². The van der Waals surface area contributed by atoms with Gasteiger partial charge in [-0.05, 0) is 43.4 Å². The van der Waals surface area contributed by atoms with Crippen molar-refractivity contribution in [1.82, 2.24) is 15.2 Å². The third-order valence-corrected chi connectivity index (χ3v) is 5.29. The van der Waals surface area contributed by atoms with Crippen LogP contribution in [-0.2, 0) is 4.79 Å². The number of carboxylic acids is 1. The van der Waals surface area contributed by atoms with Gasteiger partial charge in [-0.2, -0.15) is 11.8 Å². The fourth-order valence-electron chi connectivity index (χ4n) is 3.13. The Morgan fingerprint density at radius 3 is 2.77 bits per heavy atom. The first-order valence-electron chi connectivity index (χ1n) is 8.71. The summed E-state index contributed by atoms with van der Waals surface area (Å²) in [6.45, 7) is 1.12. The molecule has 0 saturated carbocycles. The van der Waals surface area contributed by atoms with Crippen LogP contribution in [-0.4, -0.2) is 58.1 Å². The highest BCUT2D eigenvalue weighted by molar-refractivity contribution is 7.98. The van der Waals surface area contributed by atoms with Crippen LogP contribution >= 0.6 is 11.8 Å². The van der Waals surface area contributed by atoms with Crippen LogP contribution in [0.4, 0.5) is 4.79 Å². The lowest BCUT2D eigenvalue weighted by Gasteiger charge is -2.31. The molecule has 1 aromatic heterocycles. The topological polar surface area (TPSA) is 95.7 Å². The first-order valence-corrected chi connectivity index (χ1v) is 10.1. The van der Waals surface area contributed by atoms with Gasteiger partial charge in [-0.3, -0.25) is 0 Å². The first kappa shape index (κ1) is 18.6. The highest BCUT2D eigenvalue weighted by atomic mass is 32.2. The van der Waals surface area contributed by atoms with Crippen molar-refractivity contribution in [3.05, 3.63) is 30.2 Å². The van der Waals surface area contributed by atoms with Crippen LogP contribution in [0.5, 0.6) is 0 Å². The summed E-state index contributed by atoms with van der Waals surface area (Å²) in [5.41, 5.74) is 1.63. The summed E-state index contributed by atoms with van der Waals surface area (Å²) >= 11 is 1.56. The Morgan fingerprint density at radius 1 is 1.38 bits per heavy atom. The molecule has 1 fully saturated rings. The molecule has 1 aliphatic heterocycles. The molecule has 1 aliphatic rings. The normalized spacial score (nSPS) is 16.6. The number of hydrogen-bond donors (Lipinski definition) is 2. The number of piperidine rings is 1. The number of carbonyl (C=O) groups excluding carboxylic acids is 1. The number of nitrogens with zero attached hydrogens (tertiary/aromatic N) is 2. The molecule has 1 saturated heterocycles. The number of oxazole rings is 1. The predicted molar refractivity (Wildman–Crippen MR) is 101 cm³/mol. The highest BCUT2D eigenvalue weighted by Gasteiger charge is 2.29. The number of aromatic nitrogens is 1. The van der Waals surface area contributed by atoms with Crippen molar-refractivity contribution in [2.45, 2.75) is 31.2 Å². The molecule has 2 N–H and O–H groups in total. The molecule has 0 bridgehead atoms. The van der Waals surface area contributed by atoms with E-state index in [1.54, 1.807) is 16.7 Å². The molecule has 0 aliphatic carbocycles. The first-order chi connectivity index (χ1) is 12.6. The van der Waals surface area contributed by atoms with E-state index in [1.807, 2.05) is 30.5 Å². The average Bonchev–Trinajstić information content (AvgIpc) is 3.09. The van der Waals surface area contributed by atoms with E-state index >= 15 is 0 Å². The highest BCUT2D eigenvalue weighted by Crippen LogP contribution is 2.29. The second-order valence-corrected chi connectivity index (χ2v) is 7.39. The summed E-state index contributed by atoms with van der Waals surface area (Å²) in [5.74, 6) is 0.596. The molecular weight excluding hydrogens is 354 g/mol. The number of thioether (sulfide) groups is 1. The Bertz CT molecular complexity index is 738. The third-order valence-electron chi connectivity index (χ3n) is 4.65. The number of hydrogen-bond acceptors (Lipinski definition) is 5. The number of fused-ring (bicyclic) bond motifs is 1. The molecule has 7 nitrogen and oxygen atoms in total. The van der Waals surface area contributed by atoms with Crippen LogP contribution in [0.2, 0.25) is 0 Å².